The van der Waals surface area contributed by atoms with Crippen LogP contribution in [-0.4, -0.2) is 11.0 Å². The molecule has 1 unspecified atom stereocenters. The van der Waals surface area contributed by atoms with Gasteiger partial charge in [-0.1, -0.05) is 31.2 Å². The second-order valence-electron chi connectivity index (χ2n) is 4.70. The molecule has 2 aromatic rings. The molecule has 1 atom stereocenters. The average molecular weight is 260 g/mol. The number of hydrogen-bond acceptors (Lipinski definition) is 3. The lowest BCUT2D eigenvalue weighted by atomic mass is 10.0. The number of thiazole rings is 1. The minimum absolute atomic E-state index is 0.152. The second kappa shape index (κ2) is 6.12. The molecular weight excluding hydrogens is 240 g/mol. The van der Waals surface area contributed by atoms with Gasteiger partial charge in [0.2, 0.25) is 0 Å². The summed E-state index contributed by atoms with van der Waals surface area (Å²) < 4.78 is 0. The van der Waals surface area contributed by atoms with E-state index in [9.17, 15) is 0 Å². The van der Waals surface area contributed by atoms with Crippen LogP contribution in [0.5, 0.6) is 0 Å². The summed E-state index contributed by atoms with van der Waals surface area (Å²) in [4.78, 5) is 4.46. The Labute approximate surface area is 113 Å². The summed E-state index contributed by atoms with van der Waals surface area (Å²) in [5, 5.41) is 3.22. The first-order valence-corrected chi connectivity index (χ1v) is 7.29. The predicted octanol–water partition coefficient (Wildman–Crippen LogP) is 3.13. The van der Waals surface area contributed by atoms with Gasteiger partial charge in [0.1, 0.15) is 0 Å². The quantitative estimate of drug-likeness (QED) is 0.897. The average Bonchev–Trinajstić information content (AvgIpc) is 2.75. The minimum Gasteiger partial charge on any atom is -0.327 e. The van der Waals surface area contributed by atoms with E-state index in [1.165, 1.54) is 11.1 Å². The van der Waals surface area contributed by atoms with E-state index in [0.29, 0.717) is 0 Å². The maximum atomic E-state index is 6.18. The smallest absolute Gasteiger partial charge is 0.0897 e. The van der Waals surface area contributed by atoms with Crippen molar-refractivity contribution in [1.29, 1.82) is 0 Å². The molecule has 0 radical (unpaired) electrons. The van der Waals surface area contributed by atoms with Crippen molar-refractivity contribution >= 4 is 11.3 Å². The van der Waals surface area contributed by atoms with Gasteiger partial charge in [0.15, 0.2) is 0 Å². The van der Waals surface area contributed by atoms with E-state index in [1.807, 2.05) is 6.92 Å². The molecule has 2 rings (SSSR count). The summed E-state index contributed by atoms with van der Waals surface area (Å²) >= 11 is 1.69. The molecule has 1 aromatic heterocycles. The minimum atomic E-state index is 0.152. The predicted molar refractivity (Wildman–Crippen MR) is 78.1 cm³/mol. The third-order valence-electron chi connectivity index (χ3n) is 3.07. The van der Waals surface area contributed by atoms with Gasteiger partial charge in [0.05, 0.1) is 10.7 Å². The van der Waals surface area contributed by atoms with Crippen LogP contribution in [-0.2, 0) is 19.3 Å². The van der Waals surface area contributed by atoms with Crippen LogP contribution in [0.1, 0.15) is 28.8 Å². The lowest BCUT2D eigenvalue weighted by Crippen LogP contribution is -2.25. The van der Waals surface area contributed by atoms with Crippen molar-refractivity contribution < 1.29 is 0 Å². The lowest BCUT2D eigenvalue weighted by Gasteiger charge is -2.10. The van der Waals surface area contributed by atoms with E-state index >= 15 is 0 Å². The van der Waals surface area contributed by atoms with Crippen molar-refractivity contribution in [3.8, 4) is 0 Å². The van der Waals surface area contributed by atoms with Crippen molar-refractivity contribution in [3.05, 3.63) is 51.5 Å². The van der Waals surface area contributed by atoms with E-state index in [0.717, 1.165) is 30.0 Å². The Kier molecular flexibility index (Phi) is 4.50. The van der Waals surface area contributed by atoms with Crippen LogP contribution in [0.25, 0.3) is 0 Å². The maximum absolute atomic E-state index is 6.18. The first kappa shape index (κ1) is 13.2. The van der Waals surface area contributed by atoms with E-state index in [2.05, 4.69) is 41.6 Å². The van der Waals surface area contributed by atoms with Gasteiger partial charge in [-0.05, 0) is 30.9 Å². The molecule has 2 nitrogen and oxygen atoms in total. The summed E-state index contributed by atoms with van der Waals surface area (Å²) in [5.74, 6) is 0. The molecule has 1 aromatic carbocycles. The molecule has 3 heteroatoms. The Morgan fingerprint density at radius 1 is 1.17 bits per heavy atom. The van der Waals surface area contributed by atoms with Crippen LogP contribution in [0.2, 0.25) is 0 Å². The molecule has 0 spiro atoms. The fraction of sp³-hybridized carbons (Fsp3) is 0.400. The summed E-state index contributed by atoms with van der Waals surface area (Å²) in [7, 11) is 0. The van der Waals surface area contributed by atoms with Crippen LogP contribution in [0.3, 0.4) is 0 Å². The first-order valence-electron chi connectivity index (χ1n) is 6.41. The summed E-state index contributed by atoms with van der Waals surface area (Å²) in [6.45, 7) is 4.20. The highest BCUT2D eigenvalue weighted by atomic mass is 32.1. The van der Waals surface area contributed by atoms with Crippen LogP contribution >= 0.6 is 11.3 Å². The van der Waals surface area contributed by atoms with Gasteiger partial charge in [0.25, 0.3) is 0 Å². The standard InChI is InChI=1S/C15H20N2S/c1-3-12-4-6-13(7-5-12)8-14(16)9-15-10-18-11(2)17-15/h4-7,10,14H,3,8-9,16H2,1-2H3. The Balaban J connectivity index is 1.91. The topological polar surface area (TPSA) is 38.9 Å². The second-order valence-corrected chi connectivity index (χ2v) is 5.76. The highest BCUT2D eigenvalue weighted by molar-refractivity contribution is 7.09. The van der Waals surface area contributed by atoms with E-state index < -0.39 is 0 Å². The van der Waals surface area contributed by atoms with Crippen molar-refractivity contribution in [2.75, 3.05) is 0 Å². The zero-order chi connectivity index (χ0) is 13.0. The van der Waals surface area contributed by atoms with E-state index in [1.54, 1.807) is 11.3 Å². The molecule has 18 heavy (non-hydrogen) atoms. The summed E-state index contributed by atoms with van der Waals surface area (Å²) in [6.07, 6.45) is 2.87. The maximum Gasteiger partial charge on any atom is 0.0897 e. The molecule has 0 saturated heterocycles. The highest BCUT2D eigenvalue weighted by Crippen LogP contribution is 2.12. The molecule has 96 valence electrons. The summed E-state index contributed by atoms with van der Waals surface area (Å²) in [6, 6.07) is 8.90. The molecule has 1 heterocycles. The third-order valence-corrected chi connectivity index (χ3v) is 3.89. The van der Waals surface area contributed by atoms with Crippen LogP contribution in [0.4, 0.5) is 0 Å². The van der Waals surface area contributed by atoms with E-state index in [4.69, 9.17) is 5.73 Å². The van der Waals surface area contributed by atoms with E-state index in [-0.39, 0.29) is 6.04 Å². The van der Waals surface area contributed by atoms with Crippen molar-refractivity contribution in [2.24, 2.45) is 5.73 Å². The fourth-order valence-corrected chi connectivity index (χ4v) is 2.68. The van der Waals surface area contributed by atoms with Gasteiger partial charge in [-0.2, -0.15) is 0 Å². The zero-order valence-corrected chi connectivity index (χ0v) is 11.8. The molecule has 0 saturated carbocycles. The number of hydrogen-bond donors (Lipinski definition) is 1. The van der Waals surface area contributed by atoms with Crippen molar-refractivity contribution in [2.45, 2.75) is 39.2 Å². The zero-order valence-electron chi connectivity index (χ0n) is 11.0. The van der Waals surface area contributed by atoms with Crippen molar-refractivity contribution in [1.82, 2.24) is 4.98 Å². The van der Waals surface area contributed by atoms with Gasteiger partial charge in [0, 0.05) is 17.8 Å². The van der Waals surface area contributed by atoms with Gasteiger partial charge in [-0.25, -0.2) is 4.98 Å². The number of nitrogens with zero attached hydrogens (tertiary/aromatic N) is 1. The fourth-order valence-electron chi connectivity index (χ4n) is 2.06. The van der Waals surface area contributed by atoms with Crippen LogP contribution in [0.15, 0.2) is 29.6 Å². The normalized spacial score (nSPS) is 12.6. The molecule has 0 fully saturated rings. The van der Waals surface area contributed by atoms with Gasteiger partial charge < -0.3 is 5.73 Å². The van der Waals surface area contributed by atoms with Gasteiger partial charge in [-0.3, -0.25) is 0 Å². The molecule has 2 N–H and O–H groups in total. The number of nitrogens with two attached hydrogens (primary N) is 1. The van der Waals surface area contributed by atoms with Crippen LogP contribution < -0.4 is 5.73 Å². The SMILES string of the molecule is CCc1ccc(CC(N)Cc2csc(C)n2)cc1. The molecular formula is C15H20N2S. The highest BCUT2D eigenvalue weighted by Gasteiger charge is 2.07. The number of rotatable bonds is 5. The molecule has 0 aliphatic carbocycles. The molecule has 0 aliphatic rings. The number of benzene rings is 1. The summed E-state index contributed by atoms with van der Waals surface area (Å²) in [5.41, 5.74) is 9.99. The number of aromatic nitrogens is 1. The van der Waals surface area contributed by atoms with Crippen molar-refractivity contribution in [3.63, 3.8) is 0 Å². The lowest BCUT2D eigenvalue weighted by molar-refractivity contribution is 0.655. The Bertz CT molecular complexity index is 487. The first-order chi connectivity index (χ1) is 8.67. The molecule has 0 aliphatic heterocycles. The van der Waals surface area contributed by atoms with Gasteiger partial charge >= 0.3 is 0 Å². The van der Waals surface area contributed by atoms with Gasteiger partial charge in [-0.15, -0.1) is 11.3 Å². The Morgan fingerprint density at radius 3 is 2.39 bits per heavy atom. The monoisotopic (exact) mass is 260 g/mol. The Hall–Kier alpha value is -1.19. The largest absolute Gasteiger partial charge is 0.327 e. The Morgan fingerprint density at radius 2 is 1.83 bits per heavy atom. The third kappa shape index (κ3) is 3.65. The molecule has 0 amide bonds. The van der Waals surface area contributed by atoms with Crippen LogP contribution in [0, 0.1) is 6.92 Å². The molecule has 0 bridgehead atoms. The number of aryl methyl sites for hydroxylation is 2.